The minimum atomic E-state index is -0.0537. The second-order valence-electron chi connectivity index (χ2n) is 3.37. The van der Waals surface area contributed by atoms with E-state index in [1.807, 2.05) is 13.8 Å². The number of nitrogens with two attached hydrogens (primary N) is 1. The third-order valence-corrected chi connectivity index (χ3v) is 2.07. The fourth-order valence-corrected chi connectivity index (χ4v) is 1.33. The molecule has 0 radical (unpaired) electrons. The smallest absolute Gasteiger partial charge is 0.158 e. The monoisotopic (exact) mass is 218 g/mol. The van der Waals surface area contributed by atoms with Gasteiger partial charge in [0.05, 0.1) is 0 Å². The Labute approximate surface area is 93.5 Å². The maximum Gasteiger partial charge on any atom is 0.158 e. The molecule has 0 amide bonds. The quantitative estimate of drug-likeness (QED) is 0.403. The van der Waals surface area contributed by atoms with Crippen LogP contribution in [0.4, 0.5) is 0 Å². The first kappa shape index (κ1) is 14.8. The van der Waals surface area contributed by atoms with Crippen LogP contribution in [-0.4, -0.2) is 39.1 Å². The number of ether oxygens (including phenoxy) is 2. The Hall–Kier alpha value is -0.160. The van der Waals surface area contributed by atoms with Crippen LogP contribution in [0, 0.1) is 0 Å². The van der Waals surface area contributed by atoms with Crippen LogP contribution >= 0.6 is 0 Å². The van der Waals surface area contributed by atoms with Crippen LogP contribution in [-0.2, 0) is 9.47 Å². The summed E-state index contributed by atoms with van der Waals surface area (Å²) in [7, 11) is 0. The van der Waals surface area contributed by atoms with Crippen molar-refractivity contribution >= 4 is 0 Å². The number of hydrogen-bond acceptors (Lipinski definition) is 4. The zero-order valence-electron chi connectivity index (χ0n) is 10.1. The number of hydrogen-bond donors (Lipinski definition) is 2. The molecule has 0 bridgehead atoms. The Morgan fingerprint density at radius 3 is 2.27 bits per heavy atom. The van der Waals surface area contributed by atoms with E-state index in [1.54, 1.807) is 0 Å². The van der Waals surface area contributed by atoms with Crippen molar-refractivity contribution in [3.05, 3.63) is 0 Å². The molecule has 0 aliphatic carbocycles. The molecule has 92 valence electrons. The van der Waals surface area contributed by atoms with Crippen LogP contribution < -0.4 is 11.1 Å². The van der Waals surface area contributed by atoms with Gasteiger partial charge in [-0.1, -0.05) is 0 Å². The highest BCUT2D eigenvalue weighted by Gasteiger charge is 2.06. The minimum Gasteiger partial charge on any atom is -0.353 e. The molecule has 3 N–H and O–H groups in total. The van der Waals surface area contributed by atoms with Gasteiger partial charge in [-0.25, -0.2) is 0 Å². The van der Waals surface area contributed by atoms with Crippen molar-refractivity contribution in [2.75, 3.05) is 32.8 Å². The summed E-state index contributed by atoms with van der Waals surface area (Å²) in [4.78, 5) is 0. The van der Waals surface area contributed by atoms with Gasteiger partial charge in [-0.05, 0) is 46.3 Å². The summed E-state index contributed by atoms with van der Waals surface area (Å²) in [5.41, 5.74) is 5.40. The van der Waals surface area contributed by atoms with Crippen molar-refractivity contribution < 1.29 is 9.47 Å². The van der Waals surface area contributed by atoms with Crippen molar-refractivity contribution in [3.8, 4) is 0 Å². The fourth-order valence-electron chi connectivity index (χ4n) is 1.33. The summed E-state index contributed by atoms with van der Waals surface area (Å²) < 4.78 is 10.9. The lowest BCUT2D eigenvalue weighted by Crippen LogP contribution is -2.25. The highest BCUT2D eigenvalue weighted by Crippen LogP contribution is 1.99. The summed E-state index contributed by atoms with van der Waals surface area (Å²) in [6.07, 6.45) is 3.09. The molecule has 0 spiro atoms. The van der Waals surface area contributed by atoms with Gasteiger partial charge in [-0.15, -0.1) is 0 Å². The van der Waals surface area contributed by atoms with E-state index in [4.69, 9.17) is 15.2 Å². The zero-order valence-corrected chi connectivity index (χ0v) is 10.1. The van der Waals surface area contributed by atoms with Gasteiger partial charge in [0.1, 0.15) is 0 Å². The lowest BCUT2D eigenvalue weighted by molar-refractivity contribution is -0.138. The first-order valence-corrected chi connectivity index (χ1v) is 5.99. The SMILES string of the molecule is CCOC(CCNCCCCN)OCC. The van der Waals surface area contributed by atoms with Gasteiger partial charge < -0.3 is 20.5 Å². The molecule has 0 aromatic carbocycles. The molecular weight excluding hydrogens is 192 g/mol. The van der Waals surface area contributed by atoms with Crippen LogP contribution in [0.2, 0.25) is 0 Å². The van der Waals surface area contributed by atoms with Gasteiger partial charge in [0.15, 0.2) is 6.29 Å². The van der Waals surface area contributed by atoms with Crippen LogP contribution in [0.3, 0.4) is 0 Å². The summed E-state index contributed by atoms with van der Waals surface area (Å²) in [6, 6.07) is 0. The maximum atomic E-state index is 5.43. The van der Waals surface area contributed by atoms with Gasteiger partial charge in [-0.3, -0.25) is 0 Å². The van der Waals surface area contributed by atoms with Crippen molar-refractivity contribution in [2.45, 2.75) is 39.4 Å². The molecule has 0 aliphatic heterocycles. The third kappa shape index (κ3) is 10.1. The molecule has 0 unspecified atom stereocenters. The molecule has 15 heavy (non-hydrogen) atoms. The molecule has 4 heteroatoms. The average Bonchev–Trinajstić information content (AvgIpc) is 2.24. The molecule has 4 nitrogen and oxygen atoms in total. The third-order valence-electron chi connectivity index (χ3n) is 2.07. The minimum absolute atomic E-state index is 0.0537. The molecule has 0 saturated heterocycles. The van der Waals surface area contributed by atoms with Gasteiger partial charge in [-0.2, -0.15) is 0 Å². The molecule has 0 aromatic heterocycles. The predicted octanol–water partition coefficient (Wildman–Crippen LogP) is 1.10. The van der Waals surface area contributed by atoms with E-state index < -0.39 is 0 Å². The molecule has 0 saturated carbocycles. The fraction of sp³-hybridized carbons (Fsp3) is 1.00. The highest BCUT2D eigenvalue weighted by atomic mass is 16.7. The molecule has 0 aliphatic rings. The first-order valence-electron chi connectivity index (χ1n) is 5.99. The summed E-state index contributed by atoms with van der Waals surface area (Å²) in [6.45, 7) is 8.14. The average molecular weight is 218 g/mol. The topological polar surface area (TPSA) is 56.5 Å². The van der Waals surface area contributed by atoms with Gasteiger partial charge >= 0.3 is 0 Å². The standard InChI is InChI=1S/C11H26N2O2/c1-3-14-11(15-4-2)7-10-13-9-6-5-8-12/h11,13H,3-10,12H2,1-2H3. The molecule has 0 rings (SSSR count). The predicted molar refractivity (Wildman–Crippen MR) is 62.8 cm³/mol. The van der Waals surface area contributed by atoms with E-state index in [2.05, 4.69) is 5.32 Å². The highest BCUT2D eigenvalue weighted by molar-refractivity contribution is 4.52. The van der Waals surface area contributed by atoms with Crippen molar-refractivity contribution in [3.63, 3.8) is 0 Å². The lowest BCUT2D eigenvalue weighted by Gasteiger charge is -2.16. The van der Waals surface area contributed by atoms with Crippen LogP contribution in [0.25, 0.3) is 0 Å². The first-order chi connectivity index (χ1) is 7.35. The largest absolute Gasteiger partial charge is 0.353 e. The number of nitrogens with one attached hydrogen (secondary N) is 1. The van der Waals surface area contributed by atoms with Gasteiger partial charge in [0, 0.05) is 19.6 Å². The van der Waals surface area contributed by atoms with Crippen LogP contribution in [0.15, 0.2) is 0 Å². The summed E-state index contributed by atoms with van der Waals surface area (Å²) in [5.74, 6) is 0. The van der Waals surface area contributed by atoms with E-state index in [9.17, 15) is 0 Å². The number of rotatable bonds is 11. The summed E-state index contributed by atoms with van der Waals surface area (Å²) in [5, 5.41) is 3.35. The Morgan fingerprint density at radius 1 is 1.07 bits per heavy atom. The second-order valence-corrected chi connectivity index (χ2v) is 3.37. The molecule has 0 fully saturated rings. The van der Waals surface area contributed by atoms with Crippen LogP contribution in [0.5, 0.6) is 0 Å². The van der Waals surface area contributed by atoms with Gasteiger partial charge in [0.25, 0.3) is 0 Å². The van der Waals surface area contributed by atoms with Crippen molar-refractivity contribution in [1.29, 1.82) is 0 Å². The van der Waals surface area contributed by atoms with Crippen molar-refractivity contribution in [1.82, 2.24) is 5.32 Å². The van der Waals surface area contributed by atoms with E-state index in [-0.39, 0.29) is 6.29 Å². The molecule has 0 atom stereocenters. The molecule has 0 aromatic rings. The zero-order chi connectivity index (χ0) is 11.4. The Kier molecular flexibility index (Phi) is 11.8. The maximum absolute atomic E-state index is 5.43. The molecular formula is C11H26N2O2. The van der Waals surface area contributed by atoms with E-state index in [0.717, 1.165) is 38.9 Å². The van der Waals surface area contributed by atoms with Crippen LogP contribution in [0.1, 0.15) is 33.1 Å². The lowest BCUT2D eigenvalue weighted by atomic mass is 10.3. The Bertz CT molecular complexity index is 117. The normalized spacial score (nSPS) is 11.2. The molecule has 0 heterocycles. The summed E-state index contributed by atoms with van der Waals surface area (Å²) >= 11 is 0. The van der Waals surface area contributed by atoms with E-state index >= 15 is 0 Å². The van der Waals surface area contributed by atoms with Crippen molar-refractivity contribution in [2.24, 2.45) is 5.73 Å². The Balaban J connectivity index is 3.28. The number of unbranched alkanes of at least 4 members (excludes halogenated alkanes) is 1. The second kappa shape index (κ2) is 11.9. The van der Waals surface area contributed by atoms with Gasteiger partial charge in [0.2, 0.25) is 0 Å². The van der Waals surface area contributed by atoms with E-state index in [1.165, 1.54) is 0 Å². The van der Waals surface area contributed by atoms with E-state index in [0.29, 0.717) is 13.2 Å². The Morgan fingerprint density at radius 2 is 1.73 bits per heavy atom.